The number of rotatable bonds is 3. The molecule has 0 bridgehead atoms. The molecule has 2 N–H and O–H groups in total. The van der Waals surface area contributed by atoms with E-state index in [1.165, 1.54) is 0 Å². The third-order valence-corrected chi connectivity index (χ3v) is 3.89. The van der Waals surface area contributed by atoms with Crippen LogP contribution in [0.2, 0.25) is 10.0 Å². The summed E-state index contributed by atoms with van der Waals surface area (Å²) in [6.45, 7) is 0. The van der Waals surface area contributed by atoms with E-state index in [9.17, 15) is 4.79 Å². The molecule has 0 saturated carbocycles. The van der Waals surface area contributed by atoms with Crippen LogP contribution in [0.5, 0.6) is 0 Å². The van der Waals surface area contributed by atoms with Gasteiger partial charge >= 0.3 is 5.97 Å². The lowest BCUT2D eigenvalue weighted by molar-refractivity contribution is -0.136. The molecule has 0 unspecified atom stereocenters. The number of H-pyrrole nitrogens is 1. The summed E-state index contributed by atoms with van der Waals surface area (Å²) in [4.78, 5) is 14.4. The van der Waals surface area contributed by atoms with Crippen molar-refractivity contribution in [3.8, 4) is 11.3 Å². The molecule has 0 aliphatic heterocycles. The van der Waals surface area contributed by atoms with Crippen LogP contribution in [0.1, 0.15) is 5.56 Å². The van der Waals surface area contributed by atoms with Crippen LogP contribution in [0.15, 0.2) is 42.5 Å². The van der Waals surface area contributed by atoms with Crippen molar-refractivity contribution in [1.82, 2.24) is 4.98 Å². The number of hydrogen-bond donors (Lipinski definition) is 2. The number of carboxylic acid groups (broad SMARTS) is 1. The number of hydrogen-bond acceptors (Lipinski definition) is 1. The topological polar surface area (TPSA) is 53.1 Å². The van der Waals surface area contributed by atoms with Crippen LogP contribution >= 0.6 is 23.2 Å². The first-order valence-corrected chi connectivity index (χ1v) is 7.08. The molecule has 106 valence electrons. The van der Waals surface area contributed by atoms with Crippen LogP contribution in [-0.2, 0) is 11.2 Å². The first-order valence-electron chi connectivity index (χ1n) is 6.33. The smallest absolute Gasteiger partial charge is 0.307 e. The molecule has 0 fully saturated rings. The summed E-state index contributed by atoms with van der Waals surface area (Å²) in [5.41, 5.74) is 3.07. The summed E-state index contributed by atoms with van der Waals surface area (Å²) in [6, 6.07) is 12.8. The molecule has 1 aromatic heterocycles. The van der Waals surface area contributed by atoms with E-state index < -0.39 is 5.97 Å². The average Bonchev–Trinajstić information content (AvgIpc) is 2.77. The number of para-hydroxylation sites is 1. The molecule has 3 nitrogen and oxygen atoms in total. The van der Waals surface area contributed by atoms with Gasteiger partial charge in [0, 0.05) is 21.5 Å². The Bertz CT molecular complexity index is 839. The second-order valence-electron chi connectivity index (χ2n) is 4.72. The quantitative estimate of drug-likeness (QED) is 0.730. The lowest BCUT2D eigenvalue weighted by Gasteiger charge is -2.06. The van der Waals surface area contributed by atoms with Gasteiger partial charge in [0.25, 0.3) is 0 Å². The molecule has 5 heteroatoms. The molecule has 3 rings (SSSR count). The fraction of sp³-hybridized carbons (Fsp3) is 0.0625. The van der Waals surface area contributed by atoms with Crippen molar-refractivity contribution >= 4 is 40.1 Å². The van der Waals surface area contributed by atoms with Crippen LogP contribution in [0.4, 0.5) is 0 Å². The summed E-state index contributed by atoms with van der Waals surface area (Å²) in [6.07, 6.45) is -0.0711. The van der Waals surface area contributed by atoms with Crippen molar-refractivity contribution < 1.29 is 9.90 Å². The summed E-state index contributed by atoms with van der Waals surface area (Å²) in [5.74, 6) is -0.883. The fourth-order valence-electron chi connectivity index (χ4n) is 2.46. The summed E-state index contributed by atoms with van der Waals surface area (Å²) in [7, 11) is 0. The molecule has 0 atom stereocenters. The predicted molar refractivity (Wildman–Crippen MR) is 85.1 cm³/mol. The van der Waals surface area contributed by atoms with E-state index >= 15 is 0 Å². The van der Waals surface area contributed by atoms with Gasteiger partial charge in [-0.2, -0.15) is 0 Å². The number of carbonyl (C=O) groups is 1. The molecule has 0 amide bonds. The molecule has 21 heavy (non-hydrogen) atoms. The molecular weight excluding hydrogens is 309 g/mol. The maximum absolute atomic E-state index is 11.2. The van der Waals surface area contributed by atoms with E-state index in [-0.39, 0.29) is 6.42 Å². The highest BCUT2D eigenvalue weighted by molar-refractivity contribution is 6.36. The van der Waals surface area contributed by atoms with E-state index in [2.05, 4.69) is 4.98 Å². The Morgan fingerprint density at radius 1 is 1.14 bits per heavy atom. The van der Waals surface area contributed by atoms with Crippen molar-refractivity contribution in [2.45, 2.75) is 6.42 Å². The predicted octanol–water partition coefficient (Wildman–Crippen LogP) is 4.77. The normalized spacial score (nSPS) is 11.0. The third kappa shape index (κ3) is 2.62. The van der Waals surface area contributed by atoms with Gasteiger partial charge < -0.3 is 10.1 Å². The number of fused-ring (bicyclic) bond motifs is 1. The van der Waals surface area contributed by atoms with Gasteiger partial charge in [0.05, 0.1) is 17.1 Å². The van der Waals surface area contributed by atoms with Crippen LogP contribution in [0, 0.1) is 0 Å². The highest BCUT2D eigenvalue weighted by atomic mass is 35.5. The maximum Gasteiger partial charge on any atom is 0.307 e. The molecule has 0 radical (unpaired) electrons. The summed E-state index contributed by atoms with van der Waals surface area (Å²) < 4.78 is 0. The van der Waals surface area contributed by atoms with Crippen LogP contribution in [0.3, 0.4) is 0 Å². The van der Waals surface area contributed by atoms with Gasteiger partial charge in [-0.05, 0) is 29.8 Å². The molecular formula is C16H11Cl2NO2. The number of nitrogens with one attached hydrogen (secondary N) is 1. The van der Waals surface area contributed by atoms with Crippen LogP contribution < -0.4 is 0 Å². The number of halogens is 2. The van der Waals surface area contributed by atoms with Crippen molar-refractivity contribution in [3.05, 3.63) is 58.1 Å². The standard InChI is InChI=1S/C16H11Cl2NO2/c17-9-5-6-11(13(18)7-9)16-12(8-15(20)21)10-3-1-2-4-14(10)19-16/h1-7,19H,8H2,(H,20,21). The van der Waals surface area contributed by atoms with Crippen molar-refractivity contribution in [3.63, 3.8) is 0 Å². The Kier molecular flexibility index (Phi) is 3.62. The summed E-state index contributed by atoms with van der Waals surface area (Å²) in [5, 5.41) is 11.1. The fourth-order valence-corrected chi connectivity index (χ4v) is 2.96. The molecule has 0 saturated heterocycles. The SMILES string of the molecule is O=C(O)Cc1c(-c2ccc(Cl)cc2Cl)[nH]c2ccccc12. The lowest BCUT2D eigenvalue weighted by Crippen LogP contribution is -2.01. The van der Waals surface area contributed by atoms with Crippen molar-refractivity contribution in [2.24, 2.45) is 0 Å². The van der Waals surface area contributed by atoms with Gasteiger partial charge in [-0.1, -0.05) is 41.4 Å². The zero-order chi connectivity index (χ0) is 15.0. The molecule has 0 aliphatic carbocycles. The van der Waals surface area contributed by atoms with E-state index in [1.54, 1.807) is 18.2 Å². The maximum atomic E-state index is 11.2. The van der Waals surface area contributed by atoms with Gasteiger partial charge in [0.15, 0.2) is 0 Å². The minimum atomic E-state index is -0.883. The zero-order valence-corrected chi connectivity index (χ0v) is 12.4. The second kappa shape index (κ2) is 5.43. The second-order valence-corrected chi connectivity index (χ2v) is 5.56. The molecule has 3 aromatic rings. The minimum Gasteiger partial charge on any atom is -0.481 e. The van der Waals surface area contributed by atoms with Crippen molar-refractivity contribution in [1.29, 1.82) is 0 Å². The van der Waals surface area contributed by atoms with E-state index in [1.807, 2.05) is 24.3 Å². The third-order valence-electron chi connectivity index (χ3n) is 3.34. The first kappa shape index (κ1) is 14.0. The van der Waals surface area contributed by atoms with Crippen molar-refractivity contribution in [2.75, 3.05) is 0 Å². The minimum absolute atomic E-state index is 0.0711. The first-order chi connectivity index (χ1) is 10.1. The zero-order valence-electron chi connectivity index (χ0n) is 10.9. The Labute approximate surface area is 131 Å². The van der Waals surface area contributed by atoms with E-state index in [4.69, 9.17) is 28.3 Å². The number of aromatic nitrogens is 1. The van der Waals surface area contributed by atoms with Gasteiger partial charge in [0.2, 0.25) is 0 Å². The highest BCUT2D eigenvalue weighted by Crippen LogP contribution is 2.35. The largest absolute Gasteiger partial charge is 0.481 e. The van der Waals surface area contributed by atoms with E-state index in [0.717, 1.165) is 27.7 Å². The summed E-state index contributed by atoms with van der Waals surface area (Å²) >= 11 is 12.2. The van der Waals surface area contributed by atoms with Gasteiger partial charge in [0.1, 0.15) is 0 Å². The number of aromatic amines is 1. The Balaban J connectivity index is 2.28. The van der Waals surface area contributed by atoms with Gasteiger partial charge in [-0.3, -0.25) is 4.79 Å². The Hall–Kier alpha value is -1.97. The lowest BCUT2D eigenvalue weighted by atomic mass is 10.0. The highest BCUT2D eigenvalue weighted by Gasteiger charge is 2.17. The molecule has 1 heterocycles. The number of benzene rings is 2. The van der Waals surface area contributed by atoms with Crippen LogP contribution in [-0.4, -0.2) is 16.1 Å². The molecule has 0 spiro atoms. The Morgan fingerprint density at radius 3 is 2.62 bits per heavy atom. The number of carboxylic acids is 1. The van der Waals surface area contributed by atoms with Gasteiger partial charge in [-0.15, -0.1) is 0 Å². The average molecular weight is 320 g/mol. The van der Waals surface area contributed by atoms with Crippen LogP contribution in [0.25, 0.3) is 22.2 Å². The Morgan fingerprint density at radius 2 is 1.90 bits per heavy atom. The molecule has 2 aromatic carbocycles. The monoisotopic (exact) mass is 319 g/mol. The van der Waals surface area contributed by atoms with E-state index in [0.29, 0.717) is 10.0 Å². The molecule has 0 aliphatic rings. The van der Waals surface area contributed by atoms with Gasteiger partial charge in [-0.25, -0.2) is 0 Å². The number of aliphatic carboxylic acids is 1.